The summed E-state index contributed by atoms with van der Waals surface area (Å²) in [6, 6.07) is 8.10. The van der Waals surface area contributed by atoms with Crippen LogP contribution < -0.4 is 5.32 Å². The SMILES string of the molecule is Cc1cccc(C#N)c1NCCC1=CCCCC1. The van der Waals surface area contributed by atoms with Gasteiger partial charge in [0, 0.05) is 6.54 Å². The monoisotopic (exact) mass is 240 g/mol. The first kappa shape index (κ1) is 12.7. The Morgan fingerprint density at radius 1 is 1.33 bits per heavy atom. The van der Waals surface area contributed by atoms with E-state index in [4.69, 9.17) is 5.26 Å². The van der Waals surface area contributed by atoms with E-state index >= 15 is 0 Å². The molecule has 0 spiro atoms. The van der Waals surface area contributed by atoms with Gasteiger partial charge in [-0.3, -0.25) is 0 Å². The van der Waals surface area contributed by atoms with E-state index < -0.39 is 0 Å². The van der Waals surface area contributed by atoms with Crippen LogP contribution in [0, 0.1) is 18.3 Å². The average Bonchev–Trinajstić information content (AvgIpc) is 2.41. The second-order valence-corrected chi connectivity index (χ2v) is 4.89. The van der Waals surface area contributed by atoms with Crippen molar-refractivity contribution in [3.05, 3.63) is 41.0 Å². The minimum absolute atomic E-state index is 0.743. The van der Waals surface area contributed by atoms with Crippen LogP contribution in [0.2, 0.25) is 0 Å². The predicted molar refractivity (Wildman–Crippen MR) is 75.6 cm³/mol. The van der Waals surface area contributed by atoms with Crippen LogP contribution in [0.15, 0.2) is 29.8 Å². The van der Waals surface area contributed by atoms with Crippen molar-refractivity contribution >= 4 is 5.69 Å². The van der Waals surface area contributed by atoms with E-state index in [0.29, 0.717) is 0 Å². The van der Waals surface area contributed by atoms with E-state index in [0.717, 1.165) is 29.8 Å². The molecule has 0 fully saturated rings. The molecular formula is C16H20N2. The third kappa shape index (κ3) is 3.13. The van der Waals surface area contributed by atoms with Crippen molar-refractivity contribution in [2.75, 3.05) is 11.9 Å². The van der Waals surface area contributed by atoms with Gasteiger partial charge in [0.1, 0.15) is 6.07 Å². The molecule has 94 valence electrons. The van der Waals surface area contributed by atoms with Gasteiger partial charge in [0.15, 0.2) is 0 Å². The highest BCUT2D eigenvalue weighted by Crippen LogP contribution is 2.22. The zero-order valence-electron chi connectivity index (χ0n) is 11.0. The fraction of sp³-hybridized carbons (Fsp3) is 0.438. The lowest BCUT2D eigenvalue weighted by molar-refractivity contribution is 0.679. The van der Waals surface area contributed by atoms with Crippen LogP contribution in [0.25, 0.3) is 0 Å². The number of anilines is 1. The molecule has 0 aliphatic heterocycles. The molecular weight excluding hydrogens is 220 g/mol. The van der Waals surface area contributed by atoms with Crippen LogP contribution in [0.5, 0.6) is 0 Å². The maximum absolute atomic E-state index is 9.09. The molecule has 0 saturated carbocycles. The molecule has 1 N–H and O–H groups in total. The molecule has 1 aromatic rings. The Bertz CT molecular complexity index is 480. The summed E-state index contributed by atoms with van der Waals surface area (Å²) in [6.45, 7) is 2.97. The van der Waals surface area contributed by atoms with E-state index in [9.17, 15) is 0 Å². The lowest BCUT2D eigenvalue weighted by Crippen LogP contribution is -2.07. The lowest BCUT2D eigenvalue weighted by Gasteiger charge is -2.15. The summed E-state index contributed by atoms with van der Waals surface area (Å²) < 4.78 is 0. The number of hydrogen-bond donors (Lipinski definition) is 1. The van der Waals surface area contributed by atoms with E-state index in [1.165, 1.54) is 25.7 Å². The Hall–Kier alpha value is -1.75. The Morgan fingerprint density at radius 2 is 2.22 bits per heavy atom. The van der Waals surface area contributed by atoms with Gasteiger partial charge in [-0.2, -0.15) is 5.26 Å². The Labute approximate surface area is 109 Å². The molecule has 0 radical (unpaired) electrons. The zero-order valence-corrected chi connectivity index (χ0v) is 11.0. The van der Waals surface area contributed by atoms with Crippen molar-refractivity contribution in [3.63, 3.8) is 0 Å². The van der Waals surface area contributed by atoms with Gasteiger partial charge in [-0.15, -0.1) is 0 Å². The first-order valence-electron chi connectivity index (χ1n) is 6.73. The highest BCUT2D eigenvalue weighted by Gasteiger charge is 2.06. The Kier molecular flexibility index (Phi) is 4.41. The van der Waals surface area contributed by atoms with E-state index in [-0.39, 0.29) is 0 Å². The molecule has 18 heavy (non-hydrogen) atoms. The maximum atomic E-state index is 9.09. The molecule has 0 atom stereocenters. The molecule has 2 nitrogen and oxygen atoms in total. The third-order valence-electron chi connectivity index (χ3n) is 3.53. The van der Waals surface area contributed by atoms with Gasteiger partial charge in [-0.25, -0.2) is 0 Å². The van der Waals surface area contributed by atoms with Crippen LogP contribution >= 0.6 is 0 Å². The zero-order chi connectivity index (χ0) is 12.8. The molecule has 1 aliphatic rings. The predicted octanol–water partition coefficient (Wildman–Crippen LogP) is 4.17. The topological polar surface area (TPSA) is 35.8 Å². The number of benzene rings is 1. The number of hydrogen-bond acceptors (Lipinski definition) is 2. The second kappa shape index (κ2) is 6.26. The van der Waals surface area contributed by atoms with Crippen LogP contribution in [0.3, 0.4) is 0 Å². The van der Waals surface area contributed by atoms with Crippen molar-refractivity contribution in [1.82, 2.24) is 0 Å². The number of rotatable bonds is 4. The molecule has 2 rings (SSSR count). The first-order valence-corrected chi connectivity index (χ1v) is 6.73. The quantitative estimate of drug-likeness (QED) is 0.802. The van der Waals surface area contributed by atoms with Crippen LogP contribution in [-0.4, -0.2) is 6.54 Å². The number of nitriles is 1. The molecule has 0 bridgehead atoms. The molecule has 0 heterocycles. The largest absolute Gasteiger partial charge is 0.383 e. The van der Waals surface area contributed by atoms with Crippen LogP contribution in [0.1, 0.15) is 43.2 Å². The molecule has 0 amide bonds. The number of nitrogens with zero attached hydrogens (tertiary/aromatic N) is 1. The Balaban J connectivity index is 1.94. The van der Waals surface area contributed by atoms with Crippen molar-refractivity contribution < 1.29 is 0 Å². The average molecular weight is 240 g/mol. The summed E-state index contributed by atoms with van der Waals surface area (Å²) >= 11 is 0. The summed E-state index contributed by atoms with van der Waals surface area (Å²) in [5, 5.41) is 12.5. The fourth-order valence-electron chi connectivity index (χ4n) is 2.48. The van der Waals surface area contributed by atoms with Crippen molar-refractivity contribution in [2.24, 2.45) is 0 Å². The molecule has 0 unspecified atom stereocenters. The number of para-hydroxylation sites is 1. The third-order valence-corrected chi connectivity index (χ3v) is 3.53. The number of nitrogens with one attached hydrogen (secondary N) is 1. The van der Waals surface area contributed by atoms with Crippen LogP contribution in [-0.2, 0) is 0 Å². The maximum Gasteiger partial charge on any atom is 0.101 e. The number of aryl methyl sites for hydroxylation is 1. The van der Waals surface area contributed by atoms with Gasteiger partial charge in [0.05, 0.1) is 11.3 Å². The lowest BCUT2D eigenvalue weighted by atomic mass is 9.97. The van der Waals surface area contributed by atoms with Crippen molar-refractivity contribution in [2.45, 2.75) is 39.0 Å². The van der Waals surface area contributed by atoms with Crippen LogP contribution in [0.4, 0.5) is 5.69 Å². The van der Waals surface area contributed by atoms with Gasteiger partial charge in [-0.05, 0) is 50.7 Å². The summed E-state index contributed by atoms with van der Waals surface area (Å²) in [4.78, 5) is 0. The van der Waals surface area contributed by atoms with Gasteiger partial charge >= 0.3 is 0 Å². The molecule has 2 heteroatoms. The van der Waals surface area contributed by atoms with E-state index in [2.05, 4.69) is 17.5 Å². The normalized spacial score (nSPS) is 14.8. The van der Waals surface area contributed by atoms with Crippen molar-refractivity contribution in [1.29, 1.82) is 5.26 Å². The van der Waals surface area contributed by atoms with Gasteiger partial charge in [0.2, 0.25) is 0 Å². The standard InChI is InChI=1S/C16H20N2/c1-13-6-5-9-15(12-17)16(13)18-11-10-14-7-3-2-4-8-14/h5-7,9,18H,2-4,8,10-11H2,1H3. The van der Waals surface area contributed by atoms with E-state index in [1.54, 1.807) is 5.57 Å². The van der Waals surface area contributed by atoms with Gasteiger partial charge < -0.3 is 5.32 Å². The molecule has 0 saturated heterocycles. The summed E-state index contributed by atoms with van der Waals surface area (Å²) in [7, 11) is 0. The highest BCUT2D eigenvalue weighted by molar-refractivity contribution is 5.62. The molecule has 1 aliphatic carbocycles. The second-order valence-electron chi connectivity index (χ2n) is 4.89. The van der Waals surface area contributed by atoms with Gasteiger partial charge in [-0.1, -0.05) is 23.8 Å². The molecule has 0 aromatic heterocycles. The summed E-state index contributed by atoms with van der Waals surface area (Å²) in [5.41, 5.74) is 4.46. The smallest absolute Gasteiger partial charge is 0.101 e. The summed E-state index contributed by atoms with van der Waals surface area (Å²) in [5.74, 6) is 0. The summed E-state index contributed by atoms with van der Waals surface area (Å²) in [6.07, 6.45) is 8.64. The fourth-order valence-corrected chi connectivity index (χ4v) is 2.48. The Morgan fingerprint density at radius 3 is 2.94 bits per heavy atom. The molecule has 1 aromatic carbocycles. The minimum atomic E-state index is 0.743. The minimum Gasteiger partial charge on any atom is -0.383 e. The number of allylic oxidation sites excluding steroid dienone is 1. The highest BCUT2D eigenvalue weighted by atomic mass is 14.9. The van der Waals surface area contributed by atoms with Gasteiger partial charge in [0.25, 0.3) is 0 Å². The van der Waals surface area contributed by atoms with Crippen molar-refractivity contribution in [3.8, 4) is 6.07 Å². The first-order chi connectivity index (χ1) is 8.81. The van der Waals surface area contributed by atoms with E-state index in [1.807, 2.05) is 25.1 Å².